The summed E-state index contributed by atoms with van der Waals surface area (Å²) in [6.07, 6.45) is 1.30. The maximum absolute atomic E-state index is 12.2. The Bertz CT molecular complexity index is 483. The number of carbonyl (C=O) groups is 1. The zero-order valence-corrected chi connectivity index (χ0v) is 10.2. The van der Waals surface area contributed by atoms with Crippen molar-refractivity contribution in [2.45, 2.75) is 18.4 Å². The molecule has 3 heterocycles. The summed E-state index contributed by atoms with van der Waals surface area (Å²) in [5.74, 6) is 1.18. The standard InChI is InChI=1S/C12H15N3O3/c1-17-9-3-2-8-10(14-9)15-12(11(16)13-8)4-6-18-7-5-12/h2-3H,4-7H2,1H3,(H,13,16)(H,14,15). The number of anilines is 2. The molecule has 1 saturated heterocycles. The molecule has 2 aliphatic heterocycles. The van der Waals surface area contributed by atoms with E-state index >= 15 is 0 Å². The summed E-state index contributed by atoms with van der Waals surface area (Å²) in [7, 11) is 1.57. The van der Waals surface area contributed by atoms with Crippen LogP contribution in [0, 0.1) is 0 Å². The maximum Gasteiger partial charge on any atom is 0.250 e. The van der Waals surface area contributed by atoms with Crippen molar-refractivity contribution in [3.05, 3.63) is 12.1 Å². The van der Waals surface area contributed by atoms with Crippen molar-refractivity contribution in [1.29, 1.82) is 0 Å². The van der Waals surface area contributed by atoms with Crippen LogP contribution in [0.4, 0.5) is 11.5 Å². The van der Waals surface area contributed by atoms with E-state index in [1.54, 1.807) is 19.2 Å². The van der Waals surface area contributed by atoms with Gasteiger partial charge in [0, 0.05) is 32.1 Å². The predicted octanol–water partition coefficient (Wildman–Crippen LogP) is 1.00. The van der Waals surface area contributed by atoms with E-state index in [9.17, 15) is 4.79 Å². The topological polar surface area (TPSA) is 72.5 Å². The fraction of sp³-hybridized carbons (Fsp3) is 0.500. The quantitative estimate of drug-likeness (QED) is 0.777. The van der Waals surface area contributed by atoms with Gasteiger partial charge in [0.25, 0.3) is 0 Å². The van der Waals surface area contributed by atoms with Crippen LogP contribution in [0.25, 0.3) is 0 Å². The molecule has 0 unspecified atom stereocenters. The molecule has 6 nitrogen and oxygen atoms in total. The molecule has 0 aliphatic carbocycles. The van der Waals surface area contributed by atoms with E-state index in [1.807, 2.05) is 0 Å². The number of nitrogens with one attached hydrogen (secondary N) is 2. The summed E-state index contributed by atoms with van der Waals surface area (Å²) in [6.45, 7) is 1.17. The summed E-state index contributed by atoms with van der Waals surface area (Å²) >= 11 is 0. The molecule has 6 heteroatoms. The second-order valence-electron chi connectivity index (χ2n) is 4.52. The van der Waals surface area contributed by atoms with Gasteiger partial charge in [-0.2, -0.15) is 4.98 Å². The van der Waals surface area contributed by atoms with Gasteiger partial charge in [-0.3, -0.25) is 4.79 Å². The highest BCUT2D eigenvalue weighted by molar-refractivity contribution is 6.05. The highest BCUT2D eigenvalue weighted by Crippen LogP contribution is 2.35. The zero-order valence-electron chi connectivity index (χ0n) is 10.2. The van der Waals surface area contributed by atoms with Gasteiger partial charge >= 0.3 is 0 Å². The second-order valence-corrected chi connectivity index (χ2v) is 4.52. The molecule has 1 aromatic rings. The summed E-state index contributed by atoms with van der Waals surface area (Å²) < 4.78 is 10.4. The number of fused-ring (bicyclic) bond motifs is 1. The number of rotatable bonds is 1. The number of ether oxygens (including phenoxy) is 2. The molecule has 1 fully saturated rings. The lowest BCUT2D eigenvalue weighted by Crippen LogP contribution is -2.55. The number of methoxy groups -OCH3 is 1. The van der Waals surface area contributed by atoms with Gasteiger partial charge in [0.2, 0.25) is 11.8 Å². The number of nitrogens with zero attached hydrogens (tertiary/aromatic N) is 1. The normalized spacial score (nSPS) is 20.8. The van der Waals surface area contributed by atoms with Gasteiger partial charge in [0.15, 0.2) is 5.82 Å². The van der Waals surface area contributed by atoms with Gasteiger partial charge in [-0.25, -0.2) is 0 Å². The molecule has 18 heavy (non-hydrogen) atoms. The molecule has 1 aromatic heterocycles. The largest absolute Gasteiger partial charge is 0.481 e. The van der Waals surface area contributed by atoms with Crippen LogP contribution in [0.2, 0.25) is 0 Å². The number of carbonyl (C=O) groups excluding carboxylic acids is 1. The van der Waals surface area contributed by atoms with Crippen molar-refractivity contribution in [3.8, 4) is 5.88 Å². The first-order chi connectivity index (χ1) is 8.73. The van der Waals surface area contributed by atoms with Crippen molar-refractivity contribution in [2.24, 2.45) is 0 Å². The van der Waals surface area contributed by atoms with Gasteiger partial charge < -0.3 is 20.1 Å². The molecule has 0 atom stereocenters. The Morgan fingerprint density at radius 1 is 1.39 bits per heavy atom. The second kappa shape index (κ2) is 4.13. The lowest BCUT2D eigenvalue weighted by atomic mass is 9.87. The fourth-order valence-corrected chi connectivity index (χ4v) is 2.35. The van der Waals surface area contributed by atoms with Gasteiger partial charge in [-0.05, 0) is 6.07 Å². The molecular weight excluding hydrogens is 234 g/mol. The summed E-state index contributed by atoms with van der Waals surface area (Å²) in [4.78, 5) is 16.5. The van der Waals surface area contributed by atoms with Crippen LogP contribution in [0.15, 0.2) is 12.1 Å². The van der Waals surface area contributed by atoms with E-state index in [4.69, 9.17) is 9.47 Å². The number of hydrogen-bond acceptors (Lipinski definition) is 5. The SMILES string of the molecule is COc1ccc2c(n1)NC1(CCOCC1)C(=O)N2. The van der Waals surface area contributed by atoms with E-state index in [2.05, 4.69) is 15.6 Å². The molecule has 0 saturated carbocycles. The minimum Gasteiger partial charge on any atom is -0.481 e. The van der Waals surface area contributed by atoms with Crippen LogP contribution in [0.5, 0.6) is 5.88 Å². The lowest BCUT2D eigenvalue weighted by Gasteiger charge is -2.40. The Balaban J connectivity index is 1.96. The van der Waals surface area contributed by atoms with Gasteiger partial charge in [-0.15, -0.1) is 0 Å². The van der Waals surface area contributed by atoms with Crippen LogP contribution in [0.3, 0.4) is 0 Å². The van der Waals surface area contributed by atoms with Crippen LogP contribution in [-0.2, 0) is 9.53 Å². The molecule has 0 bridgehead atoms. The van der Waals surface area contributed by atoms with Crippen LogP contribution in [-0.4, -0.2) is 36.8 Å². The maximum atomic E-state index is 12.2. The van der Waals surface area contributed by atoms with Crippen LogP contribution < -0.4 is 15.4 Å². The van der Waals surface area contributed by atoms with Crippen molar-refractivity contribution in [3.63, 3.8) is 0 Å². The third-order valence-corrected chi connectivity index (χ3v) is 3.47. The molecule has 2 N–H and O–H groups in total. The minimum atomic E-state index is -0.593. The molecule has 96 valence electrons. The van der Waals surface area contributed by atoms with Crippen LogP contribution in [0.1, 0.15) is 12.8 Å². The Hall–Kier alpha value is -1.82. The number of aromatic nitrogens is 1. The van der Waals surface area contributed by atoms with Gasteiger partial charge in [-0.1, -0.05) is 0 Å². The zero-order chi connectivity index (χ0) is 12.6. The Kier molecular flexibility index (Phi) is 2.59. The molecular formula is C12H15N3O3. The molecule has 1 spiro atoms. The van der Waals surface area contributed by atoms with E-state index in [1.165, 1.54) is 0 Å². The lowest BCUT2D eigenvalue weighted by molar-refractivity contribution is -0.123. The van der Waals surface area contributed by atoms with Crippen molar-refractivity contribution >= 4 is 17.4 Å². The van der Waals surface area contributed by atoms with E-state index in [0.717, 1.165) is 0 Å². The Morgan fingerprint density at radius 2 is 2.17 bits per heavy atom. The molecule has 1 amide bonds. The van der Waals surface area contributed by atoms with E-state index in [-0.39, 0.29) is 5.91 Å². The first-order valence-corrected chi connectivity index (χ1v) is 5.96. The molecule has 0 radical (unpaired) electrons. The molecule has 0 aromatic carbocycles. The number of amides is 1. The van der Waals surface area contributed by atoms with Crippen molar-refractivity contribution in [1.82, 2.24) is 4.98 Å². The smallest absolute Gasteiger partial charge is 0.250 e. The minimum absolute atomic E-state index is 0.00901. The third-order valence-electron chi connectivity index (χ3n) is 3.47. The highest BCUT2D eigenvalue weighted by Gasteiger charge is 2.43. The monoisotopic (exact) mass is 249 g/mol. The van der Waals surface area contributed by atoms with Crippen molar-refractivity contribution < 1.29 is 14.3 Å². The number of hydrogen-bond donors (Lipinski definition) is 2. The molecule has 2 aliphatic rings. The first kappa shape index (κ1) is 11.3. The van der Waals surface area contributed by atoms with E-state index in [0.29, 0.717) is 43.4 Å². The van der Waals surface area contributed by atoms with E-state index < -0.39 is 5.54 Å². The van der Waals surface area contributed by atoms with Crippen LogP contribution >= 0.6 is 0 Å². The summed E-state index contributed by atoms with van der Waals surface area (Å²) in [5.41, 5.74) is 0.0999. The first-order valence-electron chi connectivity index (χ1n) is 5.96. The number of pyridine rings is 1. The third kappa shape index (κ3) is 1.69. The average molecular weight is 249 g/mol. The predicted molar refractivity (Wildman–Crippen MR) is 65.8 cm³/mol. The Morgan fingerprint density at radius 3 is 2.89 bits per heavy atom. The highest BCUT2D eigenvalue weighted by atomic mass is 16.5. The summed E-state index contributed by atoms with van der Waals surface area (Å²) in [6, 6.07) is 3.51. The average Bonchev–Trinajstić information content (AvgIpc) is 2.41. The van der Waals surface area contributed by atoms with Crippen molar-refractivity contribution in [2.75, 3.05) is 31.0 Å². The van der Waals surface area contributed by atoms with Gasteiger partial charge in [0.1, 0.15) is 5.54 Å². The summed E-state index contributed by atoms with van der Waals surface area (Å²) in [5, 5.41) is 6.15. The van der Waals surface area contributed by atoms with Gasteiger partial charge in [0.05, 0.1) is 12.8 Å². The fourth-order valence-electron chi connectivity index (χ4n) is 2.35. The Labute approximate surface area is 105 Å². The molecule has 3 rings (SSSR count).